The van der Waals surface area contributed by atoms with E-state index in [4.69, 9.17) is 0 Å². The van der Waals surface area contributed by atoms with Gasteiger partial charge in [0.05, 0.1) is 12.0 Å². The number of benzene rings is 1. The van der Waals surface area contributed by atoms with E-state index in [1.165, 1.54) is 0 Å². The first-order chi connectivity index (χ1) is 9.35. The number of carbonyl (C=O) groups is 2. The van der Waals surface area contributed by atoms with Crippen molar-refractivity contribution in [3.8, 4) is 0 Å². The molecule has 5 heteroatoms. The Morgan fingerprint density at radius 2 is 1.75 bits per heavy atom. The number of anilines is 1. The van der Waals surface area contributed by atoms with Crippen molar-refractivity contribution in [2.75, 3.05) is 25.5 Å². The summed E-state index contributed by atoms with van der Waals surface area (Å²) in [5, 5.41) is 8.41. The average Bonchev–Trinajstić information content (AvgIpc) is 2.40. The first-order valence-corrected chi connectivity index (χ1v) is 6.64. The highest BCUT2D eigenvalue weighted by molar-refractivity contribution is 5.92. The van der Waals surface area contributed by atoms with Crippen LogP contribution in [0.25, 0.3) is 0 Å². The van der Waals surface area contributed by atoms with Crippen molar-refractivity contribution in [2.45, 2.75) is 20.8 Å². The number of hydrogen-bond acceptors (Lipinski definition) is 3. The summed E-state index contributed by atoms with van der Waals surface area (Å²) in [7, 11) is 1.61. The molecule has 0 saturated carbocycles. The zero-order valence-corrected chi connectivity index (χ0v) is 12.5. The monoisotopic (exact) mass is 277 g/mol. The predicted octanol–water partition coefficient (Wildman–Crippen LogP) is 1.30. The van der Waals surface area contributed by atoms with Crippen LogP contribution in [-0.2, 0) is 9.59 Å². The van der Waals surface area contributed by atoms with Gasteiger partial charge in [0.1, 0.15) is 0 Å². The summed E-state index contributed by atoms with van der Waals surface area (Å²) < 4.78 is 0. The molecule has 0 aliphatic heterocycles. The first-order valence-electron chi connectivity index (χ1n) is 6.64. The minimum Gasteiger partial charge on any atom is -0.359 e. The number of amides is 2. The molecule has 1 rings (SSSR count). The third-order valence-electron chi connectivity index (χ3n) is 3.03. The lowest BCUT2D eigenvalue weighted by Gasteiger charge is -2.22. The lowest BCUT2D eigenvalue weighted by Crippen LogP contribution is -2.43. The van der Waals surface area contributed by atoms with Crippen LogP contribution in [0.15, 0.2) is 24.3 Å². The maximum absolute atomic E-state index is 11.7. The number of aryl methyl sites for hydroxylation is 1. The molecular weight excluding hydrogens is 254 g/mol. The Balaban J connectivity index is 2.37. The molecular formula is C15H23N3O2. The van der Waals surface area contributed by atoms with Crippen LogP contribution in [0, 0.1) is 12.3 Å². The second-order valence-corrected chi connectivity index (χ2v) is 5.48. The molecule has 0 bridgehead atoms. The van der Waals surface area contributed by atoms with Crippen LogP contribution >= 0.6 is 0 Å². The first kappa shape index (κ1) is 16.2. The molecule has 5 nitrogen and oxygen atoms in total. The van der Waals surface area contributed by atoms with Gasteiger partial charge in [-0.05, 0) is 32.9 Å². The third-order valence-corrected chi connectivity index (χ3v) is 3.03. The van der Waals surface area contributed by atoms with Crippen molar-refractivity contribution in [2.24, 2.45) is 5.41 Å². The van der Waals surface area contributed by atoms with Crippen molar-refractivity contribution in [3.63, 3.8) is 0 Å². The SMILES string of the molecule is CNC(=O)C(C)(C)CNCC(=O)Nc1ccc(C)cc1. The summed E-state index contributed by atoms with van der Waals surface area (Å²) in [5.74, 6) is -0.175. The Kier molecular flexibility index (Phi) is 5.70. The van der Waals surface area contributed by atoms with Gasteiger partial charge in [0.2, 0.25) is 11.8 Å². The Morgan fingerprint density at radius 1 is 1.15 bits per heavy atom. The van der Waals surface area contributed by atoms with Crippen molar-refractivity contribution in [1.29, 1.82) is 0 Å². The molecule has 20 heavy (non-hydrogen) atoms. The van der Waals surface area contributed by atoms with Gasteiger partial charge in [-0.15, -0.1) is 0 Å². The van der Waals surface area contributed by atoms with Crippen LogP contribution < -0.4 is 16.0 Å². The number of carbonyl (C=O) groups excluding carboxylic acids is 2. The van der Waals surface area contributed by atoms with Gasteiger partial charge < -0.3 is 16.0 Å². The normalized spacial score (nSPS) is 11.0. The Bertz CT molecular complexity index is 467. The van der Waals surface area contributed by atoms with Crippen molar-refractivity contribution in [1.82, 2.24) is 10.6 Å². The summed E-state index contributed by atoms with van der Waals surface area (Å²) in [6.07, 6.45) is 0. The maximum atomic E-state index is 11.7. The van der Waals surface area contributed by atoms with E-state index in [9.17, 15) is 9.59 Å². The topological polar surface area (TPSA) is 70.2 Å². The second-order valence-electron chi connectivity index (χ2n) is 5.48. The van der Waals surface area contributed by atoms with Crippen LogP contribution in [0.2, 0.25) is 0 Å². The Morgan fingerprint density at radius 3 is 2.30 bits per heavy atom. The molecule has 0 aliphatic carbocycles. The fraction of sp³-hybridized carbons (Fsp3) is 0.467. The van der Waals surface area contributed by atoms with Crippen molar-refractivity contribution < 1.29 is 9.59 Å². The van der Waals surface area contributed by atoms with Crippen molar-refractivity contribution >= 4 is 17.5 Å². The van der Waals surface area contributed by atoms with E-state index in [1.807, 2.05) is 45.0 Å². The van der Waals surface area contributed by atoms with E-state index < -0.39 is 5.41 Å². The zero-order chi connectivity index (χ0) is 15.2. The highest BCUT2D eigenvalue weighted by Crippen LogP contribution is 2.13. The van der Waals surface area contributed by atoms with Gasteiger partial charge in [0.25, 0.3) is 0 Å². The third kappa shape index (κ3) is 5.01. The Hall–Kier alpha value is -1.88. The summed E-state index contributed by atoms with van der Waals surface area (Å²) in [4.78, 5) is 23.3. The summed E-state index contributed by atoms with van der Waals surface area (Å²) in [5.41, 5.74) is 1.38. The van der Waals surface area contributed by atoms with Crippen molar-refractivity contribution in [3.05, 3.63) is 29.8 Å². The van der Waals surface area contributed by atoms with E-state index in [1.54, 1.807) is 7.05 Å². The summed E-state index contributed by atoms with van der Waals surface area (Å²) in [6, 6.07) is 7.61. The lowest BCUT2D eigenvalue weighted by atomic mass is 9.92. The van der Waals surface area contributed by atoms with Crippen LogP contribution in [0.3, 0.4) is 0 Å². The molecule has 110 valence electrons. The molecule has 1 aromatic carbocycles. The quantitative estimate of drug-likeness (QED) is 0.734. The van der Waals surface area contributed by atoms with Gasteiger partial charge in [-0.25, -0.2) is 0 Å². The molecule has 0 saturated heterocycles. The fourth-order valence-corrected chi connectivity index (χ4v) is 1.75. The van der Waals surface area contributed by atoms with E-state index in [2.05, 4.69) is 16.0 Å². The average molecular weight is 277 g/mol. The molecule has 0 atom stereocenters. The molecule has 0 unspecified atom stereocenters. The molecule has 3 N–H and O–H groups in total. The van der Waals surface area contributed by atoms with E-state index >= 15 is 0 Å². The van der Waals surface area contributed by atoms with Crippen LogP contribution in [-0.4, -0.2) is 32.0 Å². The molecule has 0 spiro atoms. The van der Waals surface area contributed by atoms with Gasteiger partial charge in [-0.1, -0.05) is 17.7 Å². The Labute approximate surface area is 120 Å². The van der Waals surface area contributed by atoms with Crippen LogP contribution in [0.4, 0.5) is 5.69 Å². The highest BCUT2D eigenvalue weighted by atomic mass is 16.2. The molecule has 0 heterocycles. The highest BCUT2D eigenvalue weighted by Gasteiger charge is 2.26. The standard InChI is InChI=1S/C15H23N3O2/c1-11-5-7-12(8-6-11)18-13(19)9-17-10-15(2,3)14(20)16-4/h5-8,17H,9-10H2,1-4H3,(H,16,20)(H,18,19). The number of hydrogen-bond donors (Lipinski definition) is 3. The van der Waals surface area contributed by atoms with Gasteiger partial charge in [0.15, 0.2) is 0 Å². The predicted molar refractivity (Wildman–Crippen MR) is 80.5 cm³/mol. The smallest absolute Gasteiger partial charge is 0.238 e. The minimum absolute atomic E-state index is 0.0519. The number of rotatable bonds is 6. The number of nitrogens with one attached hydrogen (secondary N) is 3. The van der Waals surface area contributed by atoms with Crippen LogP contribution in [0.1, 0.15) is 19.4 Å². The van der Waals surface area contributed by atoms with Gasteiger partial charge in [0, 0.05) is 19.3 Å². The fourth-order valence-electron chi connectivity index (χ4n) is 1.75. The molecule has 0 aliphatic rings. The largest absolute Gasteiger partial charge is 0.359 e. The van der Waals surface area contributed by atoms with Gasteiger partial charge >= 0.3 is 0 Å². The molecule has 1 aromatic rings. The molecule has 0 aromatic heterocycles. The van der Waals surface area contributed by atoms with Gasteiger partial charge in [-0.3, -0.25) is 9.59 Å². The van der Waals surface area contributed by atoms with Gasteiger partial charge in [-0.2, -0.15) is 0 Å². The molecule has 2 amide bonds. The summed E-state index contributed by atoms with van der Waals surface area (Å²) >= 11 is 0. The van der Waals surface area contributed by atoms with E-state index in [-0.39, 0.29) is 18.4 Å². The minimum atomic E-state index is -0.543. The van der Waals surface area contributed by atoms with E-state index in [0.717, 1.165) is 11.3 Å². The molecule has 0 fully saturated rings. The van der Waals surface area contributed by atoms with E-state index in [0.29, 0.717) is 6.54 Å². The second kappa shape index (κ2) is 7.05. The lowest BCUT2D eigenvalue weighted by molar-refractivity contribution is -0.128. The summed E-state index contributed by atoms with van der Waals surface area (Å²) in [6.45, 7) is 6.27. The van der Waals surface area contributed by atoms with Crippen LogP contribution in [0.5, 0.6) is 0 Å². The zero-order valence-electron chi connectivity index (χ0n) is 12.5. The maximum Gasteiger partial charge on any atom is 0.238 e. The molecule has 0 radical (unpaired) electrons.